The predicted octanol–water partition coefficient (Wildman–Crippen LogP) is 16.0. The molecule has 0 aromatic heterocycles. The summed E-state index contributed by atoms with van der Waals surface area (Å²) >= 11 is 0. The monoisotopic (exact) mass is 1830 g/mol. The zero-order valence-corrected chi connectivity index (χ0v) is 86.2. The highest BCUT2D eigenvalue weighted by Crippen LogP contribution is 2.46. The molecular formula is C82H158N6O23S3Si5. The lowest BCUT2D eigenvalue weighted by molar-refractivity contribution is -0.108. The molecule has 0 aliphatic carbocycles. The van der Waals surface area contributed by atoms with E-state index in [9.17, 15) is 54.5 Å². The Morgan fingerprint density at radius 2 is 0.807 bits per heavy atom. The normalized spacial score (nSPS) is 20.1. The van der Waals surface area contributed by atoms with Crippen molar-refractivity contribution in [3.8, 4) is 0 Å². The number of benzene rings is 2. The molecule has 29 nitrogen and oxygen atoms in total. The molecule has 4 rings (SSSR count). The molecule has 2 heterocycles. The maximum absolute atomic E-state index is 12.8. The van der Waals surface area contributed by atoms with Gasteiger partial charge in [0.05, 0.1) is 47.5 Å². The van der Waals surface area contributed by atoms with E-state index in [1.807, 2.05) is 88.5 Å². The minimum atomic E-state index is -4.12. The van der Waals surface area contributed by atoms with Crippen molar-refractivity contribution in [2.24, 2.45) is 5.92 Å². The maximum Gasteiger partial charge on any atom is 0.407 e. The molecule has 119 heavy (non-hydrogen) atoms. The highest BCUT2D eigenvalue weighted by atomic mass is 32.3. The quantitative estimate of drug-likeness (QED) is 0.0152. The van der Waals surface area contributed by atoms with Gasteiger partial charge in [0.2, 0.25) is 20.0 Å². The molecule has 3 unspecified atom stereocenters. The van der Waals surface area contributed by atoms with Crippen LogP contribution in [-0.4, -0.2) is 226 Å². The van der Waals surface area contributed by atoms with Gasteiger partial charge in [0.25, 0.3) is 0 Å². The number of rotatable bonds is 30. The molecule has 2 aliphatic heterocycles. The highest BCUT2D eigenvalue weighted by molar-refractivity contribution is 8.20. The van der Waals surface area contributed by atoms with E-state index in [-0.39, 0.29) is 69.9 Å². The molecule has 4 amide bonds. The Morgan fingerprint density at radius 1 is 0.479 bits per heavy atom. The molecule has 9 N–H and O–H groups in total. The van der Waals surface area contributed by atoms with Crippen LogP contribution in [0.4, 0.5) is 19.2 Å². The average Bonchev–Trinajstić information content (AvgIpc) is 0.778. The van der Waals surface area contributed by atoms with Crippen molar-refractivity contribution in [2.45, 2.75) is 339 Å². The Bertz CT molecular complexity index is 3710. The van der Waals surface area contributed by atoms with Crippen molar-refractivity contribution in [1.82, 2.24) is 30.7 Å². The van der Waals surface area contributed by atoms with Crippen molar-refractivity contribution in [3.63, 3.8) is 0 Å². The Morgan fingerprint density at radius 3 is 1.14 bits per heavy atom. The second-order valence-corrected chi connectivity index (χ2v) is 69.0. The third-order valence-corrected chi connectivity index (χ3v) is 48.3. The fourth-order valence-corrected chi connectivity index (χ4v) is 25.7. The molecule has 0 spiro atoms. The van der Waals surface area contributed by atoms with Gasteiger partial charge in [-0.1, -0.05) is 171 Å². The van der Waals surface area contributed by atoms with Gasteiger partial charge in [0.1, 0.15) is 33.9 Å². The second kappa shape index (κ2) is 44.8. The van der Waals surface area contributed by atoms with Gasteiger partial charge in [-0.2, -0.15) is 0 Å². The van der Waals surface area contributed by atoms with E-state index in [4.69, 9.17) is 49.9 Å². The van der Waals surface area contributed by atoms with Crippen molar-refractivity contribution in [1.29, 1.82) is 0 Å². The Kier molecular flexibility index (Phi) is 42.4. The number of amides is 4. The van der Waals surface area contributed by atoms with E-state index in [1.54, 1.807) is 76.5 Å². The summed E-state index contributed by atoms with van der Waals surface area (Å²) < 4.78 is 150. The number of hydrogen-bond acceptors (Lipinski definition) is 23. The number of sulfonamides is 2. The number of nitrogens with one attached hydrogen (secondary N) is 6. The molecule has 0 bridgehead atoms. The fourth-order valence-electron chi connectivity index (χ4n) is 11.7. The van der Waals surface area contributed by atoms with E-state index in [2.05, 4.69) is 179 Å². The van der Waals surface area contributed by atoms with Crippen LogP contribution in [0.3, 0.4) is 0 Å². The predicted molar refractivity (Wildman–Crippen MR) is 490 cm³/mol. The SMILES string of the molecule is C=C[C@@H](CO[Si](C)(C)C(C)(C)C)[C@@H](CCO[Si](OC)(c1ccccc1)C(C)(C)C)NC(=O)OC(C)(C)C.CC(C)(C)OC(=O)N[C@@H]1CCNS(=O)(=O)C1C=O.CC(C)(C)OC(=O)N[C@@H]1CCNS(=O)(=O)[C@H]1CO[Si](C)(C)C(C)(C)C.CO[Si](OCC[C@@H](NC(=O)OC(C)(C)C)[C@H](CO[Si](C)(C)C(C)(C)C)S(O)(O)O)(c1ccccc1)C(C)(C)C. The lowest BCUT2D eigenvalue weighted by Crippen LogP contribution is -2.60. The molecule has 2 fully saturated rings. The lowest BCUT2D eigenvalue weighted by Gasteiger charge is -2.42. The summed E-state index contributed by atoms with van der Waals surface area (Å²) in [7, 11) is -20.2. The largest absolute Gasteiger partial charge is 0.444 e. The fraction of sp³-hybridized carbons (Fsp3) is 0.768. The molecule has 692 valence electrons. The molecule has 2 aliphatic rings. The van der Waals surface area contributed by atoms with Crippen LogP contribution < -0.4 is 41.1 Å². The number of alkyl carbamates (subject to hydrolysis) is 4. The van der Waals surface area contributed by atoms with Crippen LogP contribution in [0.15, 0.2) is 73.3 Å². The zero-order chi connectivity index (χ0) is 92.9. The van der Waals surface area contributed by atoms with Crippen LogP contribution in [0, 0.1) is 5.92 Å². The molecular weight excluding hydrogens is 1670 g/mol. The minimum Gasteiger partial charge on any atom is -0.444 e. The van der Waals surface area contributed by atoms with E-state index >= 15 is 0 Å². The maximum atomic E-state index is 12.8. The minimum absolute atomic E-state index is 0.0209. The lowest BCUT2D eigenvalue weighted by atomic mass is 9.98. The second-order valence-electron chi connectivity index (χ2n) is 41.0. The number of aldehydes is 1. The first-order valence-corrected chi connectivity index (χ1v) is 57.9. The van der Waals surface area contributed by atoms with Gasteiger partial charge in [-0.25, -0.2) is 45.5 Å². The number of hydrogen-bond donors (Lipinski definition) is 9. The standard InChI is InChI=1S/C29H53NO5Si2.C27H53NO8SSi2.C16H34N2O5SSi.C10H18N2O5S/c1-14-23(22-34-36(12,13)28(5,6)7)25(30-26(31)35-27(2,3)4)20-21-33-37(32-11,29(8,9)10)24-18-16-15-17-19-24;1-25(2,3)36-24(29)28-22(23(37(30,31)32)20-35-38(11,12)26(4,5)6)18-19-34-39(33-10,27(7,8)9)21-16-14-13-15-17-21;1-15(2,3)23-14(19)18-12-9-10-17-24(20,21)13(12)11-22-25(7,8)16(4,5)6;1-10(2,3)17-9(14)12-7-4-5-11-18(15,16)8(7)6-13/h14-19,23,25H,1,20-22H2,2-13H3,(H,30,31);13-17,22-23,30-32H,18-20H2,1-12H3,(H,28,29);12-13,17H,9-11H2,1-8H3,(H,18,19);6-8,11H,4-5H2,1-3H3,(H,12,14)/t23-,25+,37?;22-,23+,39?;12-,13+;7-,8?/m0111/s1. The first-order chi connectivity index (χ1) is 53.5. The van der Waals surface area contributed by atoms with Crippen LogP contribution in [-0.2, 0) is 74.8 Å². The van der Waals surface area contributed by atoms with Gasteiger partial charge in [0, 0.05) is 69.2 Å². The summed E-state index contributed by atoms with van der Waals surface area (Å²) in [4.78, 5) is 60.0. The first-order valence-electron chi connectivity index (χ1n) is 40.9. The zero-order valence-electron chi connectivity index (χ0n) is 78.8. The van der Waals surface area contributed by atoms with Crippen molar-refractivity contribution < 1.29 is 104 Å². The number of carbonyl (C=O) groups is 5. The molecule has 2 saturated heterocycles. The summed E-state index contributed by atoms with van der Waals surface area (Å²) in [6, 6.07) is 17.5. The molecule has 0 radical (unpaired) electrons. The van der Waals surface area contributed by atoms with Crippen LogP contribution >= 0.6 is 10.9 Å². The van der Waals surface area contributed by atoms with Crippen molar-refractivity contribution in [3.05, 3.63) is 73.3 Å². The van der Waals surface area contributed by atoms with Crippen LogP contribution in [0.1, 0.15) is 213 Å². The molecule has 37 heteroatoms. The van der Waals surface area contributed by atoms with Crippen molar-refractivity contribution >= 4 is 114 Å². The third-order valence-electron chi connectivity index (χ3n) is 21.3. The summed E-state index contributed by atoms with van der Waals surface area (Å²) in [6.07, 6.45) is 1.25. The number of carbonyl (C=O) groups excluding carboxylic acids is 5. The third kappa shape index (κ3) is 37.5. The van der Waals surface area contributed by atoms with Gasteiger partial charge in [-0.05, 0) is 174 Å². The van der Waals surface area contributed by atoms with Gasteiger partial charge in [0.15, 0.2) is 30.2 Å². The topological polar surface area (TPSA) is 388 Å². The average molecular weight is 1830 g/mol. The van der Waals surface area contributed by atoms with Crippen LogP contribution in [0.5, 0.6) is 0 Å². The summed E-state index contributed by atoms with van der Waals surface area (Å²) in [6.45, 7) is 71.2. The van der Waals surface area contributed by atoms with Crippen LogP contribution in [0.25, 0.3) is 0 Å². The van der Waals surface area contributed by atoms with Gasteiger partial charge in [-0.15, -0.1) is 6.58 Å². The van der Waals surface area contributed by atoms with E-state index < -0.39 is 154 Å². The number of ether oxygens (including phenoxy) is 4. The van der Waals surface area contributed by atoms with Gasteiger partial charge in [-0.3, -0.25) is 0 Å². The molecule has 0 saturated carbocycles. The molecule has 2 aromatic carbocycles. The highest BCUT2D eigenvalue weighted by Gasteiger charge is 2.54. The summed E-state index contributed by atoms with van der Waals surface area (Å²) in [5.74, 6) is -0.102. The van der Waals surface area contributed by atoms with Gasteiger partial charge >= 0.3 is 41.5 Å². The smallest absolute Gasteiger partial charge is 0.407 e. The van der Waals surface area contributed by atoms with E-state index in [0.717, 1.165) is 10.4 Å². The summed E-state index contributed by atoms with van der Waals surface area (Å²) in [5, 5.41) is 9.07. The van der Waals surface area contributed by atoms with E-state index in [1.165, 1.54) is 0 Å². The Balaban J connectivity index is 0.000000823. The van der Waals surface area contributed by atoms with Crippen molar-refractivity contribution in [2.75, 3.05) is 60.3 Å². The van der Waals surface area contributed by atoms with Crippen LogP contribution in [0.2, 0.25) is 64.5 Å². The van der Waals surface area contributed by atoms with E-state index in [0.29, 0.717) is 45.3 Å². The van der Waals surface area contributed by atoms with Gasteiger partial charge < -0.3 is 89.6 Å². The Hall–Kier alpha value is -4.22. The first kappa shape index (κ1) is 113. The molecule has 10 atom stereocenters. The molecule has 2 aromatic rings. The Labute approximate surface area is 723 Å². The summed E-state index contributed by atoms with van der Waals surface area (Å²) in [5.41, 5.74) is -2.67.